The molecule has 1 amide bonds. The summed E-state index contributed by atoms with van der Waals surface area (Å²) in [6.45, 7) is 4.90. The fourth-order valence-electron chi connectivity index (χ4n) is 10.7. The van der Waals surface area contributed by atoms with Crippen molar-refractivity contribution in [3.8, 4) is 0 Å². The number of nitrogens with one attached hydrogen (secondary N) is 1. The molecule has 0 saturated heterocycles. The van der Waals surface area contributed by atoms with Crippen molar-refractivity contribution in [2.75, 3.05) is 13.2 Å². The molecule has 6 heteroatoms. The van der Waals surface area contributed by atoms with E-state index in [0.29, 0.717) is 19.4 Å². The van der Waals surface area contributed by atoms with Crippen LogP contribution in [0.4, 0.5) is 0 Å². The van der Waals surface area contributed by atoms with Gasteiger partial charge in [0.25, 0.3) is 0 Å². The number of aliphatic hydroxyl groups excluding tert-OH is 2. The highest BCUT2D eigenvalue weighted by atomic mass is 16.5. The number of aliphatic hydroxyl groups is 2. The van der Waals surface area contributed by atoms with Crippen LogP contribution in [-0.2, 0) is 14.3 Å². The number of rotatable bonds is 64. The average Bonchev–Trinajstić information content (AvgIpc) is 3.41. The number of hydrogen-bond acceptors (Lipinski definition) is 5. The zero-order valence-electron chi connectivity index (χ0n) is 50.8. The molecule has 0 aliphatic rings. The zero-order valence-corrected chi connectivity index (χ0v) is 50.8. The Bertz CT molecular complexity index is 1170. The second-order valence-corrected chi connectivity index (χ2v) is 23.5. The maximum Gasteiger partial charge on any atom is 0.305 e. The second kappa shape index (κ2) is 64.9. The Morgan fingerprint density at radius 1 is 0.360 bits per heavy atom. The Hall–Kier alpha value is -1.66. The van der Waals surface area contributed by atoms with Crippen LogP contribution in [0.5, 0.6) is 0 Å². The highest BCUT2D eigenvalue weighted by molar-refractivity contribution is 5.76. The summed E-state index contributed by atoms with van der Waals surface area (Å²) < 4.78 is 5.46. The maximum absolute atomic E-state index is 12.5. The first kappa shape index (κ1) is 73.3. The second-order valence-electron chi connectivity index (χ2n) is 23.5. The van der Waals surface area contributed by atoms with E-state index in [1.165, 1.54) is 308 Å². The van der Waals surface area contributed by atoms with Gasteiger partial charge < -0.3 is 20.3 Å². The van der Waals surface area contributed by atoms with E-state index in [1.54, 1.807) is 6.08 Å². The molecular formula is C69H133NO5. The Labute approximate surface area is 469 Å². The van der Waals surface area contributed by atoms with Gasteiger partial charge in [-0.2, -0.15) is 0 Å². The minimum Gasteiger partial charge on any atom is -0.466 e. The number of esters is 1. The molecule has 0 fully saturated rings. The largest absolute Gasteiger partial charge is 0.466 e. The number of carbonyl (C=O) groups excluding carboxylic acids is 2. The van der Waals surface area contributed by atoms with E-state index in [9.17, 15) is 19.8 Å². The van der Waals surface area contributed by atoms with E-state index in [2.05, 4.69) is 31.3 Å². The summed E-state index contributed by atoms with van der Waals surface area (Å²) in [6.07, 6.45) is 81.0. The van der Waals surface area contributed by atoms with Gasteiger partial charge in [0.1, 0.15) is 0 Å². The first-order valence-electron chi connectivity index (χ1n) is 34.1. The van der Waals surface area contributed by atoms with E-state index < -0.39 is 12.1 Å². The van der Waals surface area contributed by atoms with Gasteiger partial charge in [0.05, 0.1) is 25.4 Å². The van der Waals surface area contributed by atoms with Crippen LogP contribution in [0.1, 0.15) is 380 Å². The third kappa shape index (κ3) is 61.4. The predicted molar refractivity (Wildman–Crippen MR) is 329 cm³/mol. The van der Waals surface area contributed by atoms with Crippen LogP contribution in [0.3, 0.4) is 0 Å². The van der Waals surface area contributed by atoms with Gasteiger partial charge in [0, 0.05) is 12.8 Å². The quantitative estimate of drug-likeness (QED) is 0.0320. The lowest BCUT2D eigenvalue weighted by Crippen LogP contribution is -2.45. The summed E-state index contributed by atoms with van der Waals surface area (Å²) in [5.74, 6) is -0.0583. The van der Waals surface area contributed by atoms with Crippen molar-refractivity contribution in [3.63, 3.8) is 0 Å². The van der Waals surface area contributed by atoms with Crippen LogP contribution in [0, 0.1) is 0 Å². The molecule has 0 aliphatic carbocycles. The molecule has 3 N–H and O–H groups in total. The molecular weight excluding hydrogens is 923 g/mol. The van der Waals surface area contributed by atoms with Crippen LogP contribution in [0.2, 0.25) is 0 Å². The first-order chi connectivity index (χ1) is 37.0. The fraction of sp³-hybridized carbons (Fsp3) is 0.913. The normalized spacial score (nSPS) is 12.6. The van der Waals surface area contributed by atoms with Gasteiger partial charge in [-0.15, -0.1) is 0 Å². The van der Waals surface area contributed by atoms with Gasteiger partial charge in [-0.25, -0.2) is 0 Å². The number of carbonyl (C=O) groups is 2. The molecule has 0 aromatic rings. The lowest BCUT2D eigenvalue weighted by atomic mass is 10.0. The van der Waals surface area contributed by atoms with E-state index >= 15 is 0 Å². The van der Waals surface area contributed by atoms with Gasteiger partial charge in [0.2, 0.25) is 5.91 Å². The van der Waals surface area contributed by atoms with Crippen LogP contribution < -0.4 is 5.32 Å². The third-order valence-electron chi connectivity index (χ3n) is 16.0. The van der Waals surface area contributed by atoms with E-state index in [-0.39, 0.29) is 18.5 Å². The fourth-order valence-corrected chi connectivity index (χ4v) is 10.7. The highest BCUT2D eigenvalue weighted by Gasteiger charge is 2.18. The van der Waals surface area contributed by atoms with Gasteiger partial charge in [0.15, 0.2) is 0 Å². The van der Waals surface area contributed by atoms with Crippen LogP contribution in [0.15, 0.2) is 24.3 Å². The highest BCUT2D eigenvalue weighted by Crippen LogP contribution is 2.19. The molecule has 0 heterocycles. The SMILES string of the molecule is CCCC/C=C\CCCCCCCC(=O)OCCCCCCCCCCCCCCCCCCCCCCCCCCC(=O)NC(CO)C(O)/C=C/CCCCCCCCCCCCCCCCCCCCCCC. The molecule has 444 valence electrons. The van der Waals surface area contributed by atoms with Gasteiger partial charge >= 0.3 is 5.97 Å². The van der Waals surface area contributed by atoms with Gasteiger partial charge in [-0.3, -0.25) is 9.59 Å². The Morgan fingerprint density at radius 3 is 0.987 bits per heavy atom. The number of unbranched alkanes of at least 4 members (excludes halogenated alkanes) is 51. The maximum atomic E-state index is 12.5. The number of hydrogen-bond donors (Lipinski definition) is 3. The van der Waals surface area contributed by atoms with Crippen molar-refractivity contribution in [1.82, 2.24) is 5.32 Å². The third-order valence-corrected chi connectivity index (χ3v) is 16.0. The topological polar surface area (TPSA) is 95.9 Å². The molecule has 2 atom stereocenters. The monoisotopic (exact) mass is 1060 g/mol. The molecule has 0 spiro atoms. The van der Waals surface area contributed by atoms with Crippen LogP contribution >= 0.6 is 0 Å². The van der Waals surface area contributed by atoms with Crippen molar-refractivity contribution in [2.24, 2.45) is 0 Å². The zero-order chi connectivity index (χ0) is 54.3. The molecule has 0 aliphatic heterocycles. The number of ether oxygens (including phenoxy) is 1. The van der Waals surface area contributed by atoms with Gasteiger partial charge in [-0.1, -0.05) is 340 Å². The molecule has 75 heavy (non-hydrogen) atoms. The molecule has 0 radical (unpaired) electrons. The minimum atomic E-state index is -0.845. The smallest absolute Gasteiger partial charge is 0.305 e. The molecule has 0 bridgehead atoms. The lowest BCUT2D eigenvalue weighted by molar-refractivity contribution is -0.143. The summed E-state index contributed by atoms with van der Waals surface area (Å²) in [5.41, 5.74) is 0. The minimum absolute atomic E-state index is 0.00446. The Morgan fingerprint density at radius 2 is 0.640 bits per heavy atom. The number of amides is 1. The number of allylic oxidation sites excluding steroid dienone is 3. The average molecular weight is 1060 g/mol. The van der Waals surface area contributed by atoms with E-state index in [0.717, 1.165) is 44.9 Å². The summed E-state index contributed by atoms with van der Waals surface area (Å²) in [6, 6.07) is -0.628. The van der Waals surface area contributed by atoms with Crippen molar-refractivity contribution >= 4 is 11.9 Å². The van der Waals surface area contributed by atoms with Crippen molar-refractivity contribution in [2.45, 2.75) is 392 Å². The summed E-state index contributed by atoms with van der Waals surface area (Å²) in [4.78, 5) is 24.5. The van der Waals surface area contributed by atoms with E-state index in [1.807, 2.05) is 6.08 Å². The lowest BCUT2D eigenvalue weighted by Gasteiger charge is -2.20. The summed E-state index contributed by atoms with van der Waals surface area (Å²) in [5, 5.41) is 23.3. The molecule has 6 nitrogen and oxygen atoms in total. The Kier molecular flexibility index (Phi) is 63.4. The van der Waals surface area contributed by atoms with E-state index in [4.69, 9.17) is 4.74 Å². The van der Waals surface area contributed by atoms with Crippen molar-refractivity contribution in [3.05, 3.63) is 24.3 Å². The molecule has 0 aromatic heterocycles. The molecule has 0 aromatic carbocycles. The van der Waals surface area contributed by atoms with Gasteiger partial charge in [-0.05, 0) is 51.4 Å². The predicted octanol–water partition coefficient (Wildman–Crippen LogP) is 21.8. The van der Waals surface area contributed by atoms with Crippen molar-refractivity contribution < 1.29 is 24.5 Å². The summed E-state index contributed by atoms with van der Waals surface area (Å²) in [7, 11) is 0. The first-order valence-corrected chi connectivity index (χ1v) is 34.1. The molecule has 0 rings (SSSR count). The van der Waals surface area contributed by atoms with Crippen LogP contribution in [-0.4, -0.2) is 47.4 Å². The molecule has 0 saturated carbocycles. The van der Waals surface area contributed by atoms with Crippen LogP contribution in [0.25, 0.3) is 0 Å². The van der Waals surface area contributed by atoms with Crippen molar-refractivity contribution in [1.29, 1.82) is 0 Å². The molecule has 2 unspecified atom stereocenters. The Balaban J connectivity index is 3.40. The standard InChI is InChI=1S/C69H133NO5/c1-3-5-7-9-11-13-15-16-17-18-19-20-23-26-29-32-35-38-42-45-49-53-57-61-67(72)66(65-71)70-68(73)62-58-54-50-46-43-39-36-33-30-27-24-21-22-25-28-31-34-37-40-44-48-52-56-60-64-75-69(74)63-59-55-51-47-41-14-12-10-8-6-4-2/h10,12,57,61,66-67,71-72H,3-9,11,13-56,58-60,62-65H2,1-2H3,(H,70,73)/b12-10-,61-57+. The summed E-state index contributed by atoms with van der Waals surface area (Å²) >= 11 is 0.